The zero-order chi connectivity index (χ0) is 13.0. The maximum atomic E-state index is 11.1. The molecule has 1 atom stereocenters. The number of esters is 1. The molecule has 94 valence electrons. The summed E-state index contributed by atoms with van der Waals surface area (Å²) < 4.78 is 6.30. The molecule has 0 bridgehead atoms. The van der Waals surface area contributed by atoms with Gasteiger partial charge in [-0.3, -0.25) is 4.79 Å². The summed E-state index contributed by atoms with van der Waals surface area (Å²) in [6.07, 6.45) is 1.18. The first-order chi connectivity index (χ1) is 7.93. The number of alkyl halides is 1. The third kappa shape index (κ3) is 3.52. The predicted molar refractivity (Wildman–Crippen MR) is 63.0 cm³/mol. The topological polar surface area (TPSA) is 87.3 Å². The highest BCUT2D eigenvalue weighted by molar-refractivity contribution is 9.10. The molecule has 1 unspecified atom stereocenters. The minimum Gasteiger partial charge on any atom is -0.461 e. The van der Waals surface area contributed by atoms with E-state index in [0.717, 1.165) is 0 Å². The third-order valence-corrected chi connectivity index (χ3v) is 2.48. The van der Waals surface area contributed by atoms with Gasteiger partial charge >= 0.3 is 11.8 Å². The molecule has 0 saturated carbocycles. The zero-order valence-corrected chi connectivity index (χ0v) is 11.0. The number of ether oxygens (including phenoxy) is 1. The fourth-order valence-electron chi connectivity index (χ4n) is 1.23. The van der Waals surface area contributed by atoms with Crippen LogP contribution in [0.3, 0.4) is 0 Å². The molecule has 1 aromatic heterocycles. The van der Waals surface area contributed by atoms with Gasteiger partial charge in [-0.05, 0) is 11.8 Å². The van der Waals surface area contributed by atoms with Crippen LogP contribution < -0.4 is 0 Å². The van der Waals surface area contributed by atoms with Crippen LogP contribution in [-0.2, 0) is 16.1 Å². The Labute approximate surface area is 106 Å². The molecule has 0 aliphatic rings. The average molecular weight is 306 g/mol. The summed E-state index contributed by atoms with van der Waals surface area (Å²) in [6.45, 7) is 3.59. The maximum absolute atomic E-state index is 11.1. The van der Waals surface area contributed by atoms with Crippen molar-refractivity contribution in [1.29, 1.82) is 0 Å². The second-order valence-electron chi connectivity index (χ2n) is 3.36. The number of hydrogen-bond donors (Lipinski definition) is 0. The van der Waals surface area contributed by atoms with Crippen molar-refractivity contribution in [1.82, 2.24) is 9.55 Å². The van der Waals surface area contributed by atoms with Gasteiger partial charge in [-0.15, -0.1) is 0 Å². The van der Waals surface area contributed by atoms with Gasteiger partial charge in [-0.2, -0.15) is 0 Å². The molecule has 0 aromatic carbocycles. The maximum Gasteiger partial charge on any atom is 0.342 e. The molecule has 0 radical (unpaired) electrons. The summed E-state index contributed by atoms with van der Waals surface area (Å²) in [4.78, 5) is 24.8. The smallest absolute Gasteiger partial charge is 0.342 e. The zero-order valence-electron chi connectivity index (χ0n) is 9.42. The number of carbonyl (C=O) groups is 1. The predicted octanol–water partition coefficient (Wildman–Crippen LogP) is 1.43. The Morgan fingerprint density at radius 1 is 1.76 bits per heavy atom. The lowest BCUT2D eigenvalue weighted by Crippen LogP contribution is -2.18. The Morgan fingerprint density at radius 3 is 2.94 bits per heavy atom. The molecule has 0 aliphatic carbocycles. The van der Waals surface area contributed by atoms with Crippen molar-refractivity contribution >= 4 is 27.7 Å². The molecular weight excluding hydrogens is 294 g/mol. The Kier molecular flexibility index (Phi) is 4.62. The lowest BCUT2D eigenvalue weighted by atomic mass is 10.5. The SMILES string of the molecule is Cc1ncc([N+](=O)[O-])n1CCOC(=O)C(C)Br. The minimum absolute atomic E-state index is 0.0762. The summed E-state index contributed by atoms with van der Waals surface area (Å²) in [7, 11) is 0. The van der Waals surface area contributed by atoms with E-state index in [-0.39, 0.29) is 23.8 Å². The molecule has 0 saturated heterocycles. The van der Waals surface area contributed by atoms with Crippen molar-refractivity contribution in [3.63, 3.8) is 0 Å². The second kappa shape index (κ2) is 5.76. The van der Waals surface area contributed by atoms with Crippen molar-refractivity contribution in [2.45, 2.75) is 25.2 Å². The molecule has 0 fully saturated rings. The van der Waals surface area contributed by atoms with Crippen LogP contribution in [-0.4, -0.2) is 31.9 Å². The number of carbonyl (C=O) groups excluding carboxylic acids is 1. The Balaban J connectivity index is 2.60. The first-order valence-corrected chi connectivity index (χ1v) is 5.82. The lowest BCUT2D eigenvalue weighted by Gasteiger charge is -2.06. The van der Waals surface area contributed by atoms with Crippen molar-refractivity contribution in [2.75, 3.05) is 6.61 Å². The van der Waals surface area contributed by atoms with Gasteiger partial charge < -0.3 is 14.9 Å². The highest BCUT2D eigenvalue weighted by atomic mass is 79.9. The normalized spacial score (nSPS) is 12.2. The van der Waals surface area contributed by atoms with Crippen molar-refractivity contribution < 1.29 is 14.5 Å². The van der Waals surface area contributed by atoms with E-state index in [4.69, 9.17) is 4.74 Å². The summed E-state index contributed by atoms with van der Waals surface area (Å²) in [5, 5.41) is 10.7. The Morgan fingerprint density at radius 2 is 2.41 bits per heavy atom. The fraction of sp³-hybridized carbons (Fsp3) is 0.556. The monoisotopic (exact) mass is 305 g/mol. The van der Waals surface area contributed by atoms with E-state index in [1.54, 1.807) is 13.8 Å². The molecule has 8 heteroatoms. The number of aryl methyl sites for hydroxylation is 1. The lowest BCUT2D eigenvalue weighted by molar-refractivity contribution is -0.392. The first kappa shape index (κ1) is 13.6. The molecule has 0 N–H and O–H groups in total. The highest BCUT2D eigenvalue weighted by Gasteiger charge is 2.18. The average Bonchev–Trinajstić information content (AvgIpc) is 2.60. The van der Waals surface area contributed by atoms with Crippen molar-refractivity contribution in [2.24, 2.45) is 0 Å². The summed E-state index contributed by atoms with van der Waals surface area (Å²) in [5.41, 5.74) is 0. The van der Waals surface area contributed by atoms with Gasteiger partial charge in [0, 0.05) is 6.92 Å². The number of hydrogen-bond acceptors (Lipinski definition) is 5. The molecule has 0 aliphatic heterocycles. The number of rotatable bonds is 5. The highest BCUT2D eigenvalue weighted by Crippen LogP contribution is 2.13. The van der Waals surface area contributed by atoms with Gasteiger partial charge in [0.2, 0.25) is 0 Å². The van der Waals surface area contributed by atoms with E-state index in [1.807, 2.05) is 0 Å². The number of nitrogens with zero attached hydrogens (tertiary/aromatic N) is 3. The van der Waals surface area contributed by atoms with E-state index < -0.39 is 10.9 Å². The molecule has 1 rings (SSSR count). The van der Waals surface area contributed by atoms with Crippen LogP contribution in [0.4, 0.5) is 5.82 Å². The molecule has 0 amide bonds. The Bertz CT molecular complexity index is 430. The van der Waals surface area contributed by atoms with Crippen LogP contribution >= 0.6 is 15.9 Å². The van der Waals surface area contributed by atoms with Crippen molar-refractivity contribution in [3.05, 3.63) is 22.1 Å². The molecule has 0 spiro atoms. The van der Waals surface area contributed by atoms with Crippen LogP contribution in [0.1, 0.15) is 12.7 Å². The summed E-state index contributed by atoms with van der Waals surface area (Å²) in [6, 6.07) is 0. The largest absolute Gasteiger partial charge is 0.461 e. The number of nitro groups is 1. The number of imidazole rings is 1. The van der Waals surface area contributed by atoms with E-state index in [9.17, 15) is 14.9 Å². The van der Waals surface area contributed by atoms with Crippen LogP contribution in [0.2, 0.25) is 0 Å². The van der Waals surface area contributed by atoms with Crippen LogP contribution in [0.25, 0.3) is 0 Å². The van der Waals surface area contributed by atoms with Crippen LogP contribution in [0.5, 0.6) is 0 Å². The van der Waals surface area contributed by atoms with E-state index in [0.29, 0.717) is 5.82 Å². The fourth-order valence-corrected chi connectivity index (χ4v) is 1.36. The molecule has 1 heterocycles. The first-order valence-electron chi connectivity index (χ1n) is 4.90. The van der Waals surface area contributed by atoms with Gasteiger partial charge in [0.15, 0.2) is 5.82 Å². The third-order valence-electron chi connectivity index (χ3n) is 2.11. The number of halogens is 1. The molecule has 1 aromatic rings. The second-order valence-corrected chi connectivity index (χ2v) is 4.73. The molecule has 7 nitrogen and oxygen atoms in total. The Hall–Kier alpha value is -1.44. The van der Waals surface area contributed by atoms with Gasteiger partial charge in [-0.25, -0.2) is 9.55 Å². The van der Waals surface area contributed by atoms with Gasteiger partial charge in [0.05, 0.1) is 0 Å². The van der Waals surface area contributed by atoms with E-state index in [2.05, 4.69) is 20.9 Å². The van der Waals surface area contributed by atoms with Crippen molar-refractivity contribution in [3.8, 4) is 0 Å². The van der Waals surface area contributed by atoms with Crippen LogP contribution in [0.15, 0.2) is 6.20 Å². The van der Waals surface area contributed by atoms with Gasteiger partial charge in [-0.1, -0.05) is 15.9 Å². The molecule has 17 heavy (non-hydrogen) atoms. The van der Waals surface area contributed by atoms with Crippen LogP contribution in [0, 0.1) is 17.0 Å². The summed E-state index contributed by atoms with van der Waals surface area (Å²) in [5.74, 6) is 0.00972. The molecular formula is C9H12BrN3O4. The standard InChI is InChI=1S/C9H12BrN3O4/c1-6(10)9(14)17-4-3-12-7(2)11-5-8(12)13(15)16/h5-6H,3-4H2,1-2H3. The van der Waals surface area contributed by atoms with Gasteiger partial charge in [0.25, 0.3) is 0 Å². The van der Waals surface area contributed by atoms with Gasteiger partial charge in [0.1, 0.15) is 24.2 Å². The number of aromatic nitrogens is 2. The quantitative estimate of drug-likeness (QED) is 0.355. The van der Waals surface area contributed by atoms with E-state index >= 15 is 0 Å². The summed E-state index contributed by atoms with van der Waals surface area (Å²) >= 11 is 3.07. The van der Waals surface area contributed by atoms with E-state index in [1.165, 1.54) is 10.8 Å². The minimum atomic E-state index is -0.519.